The monoisotopic (exact) mass is 514 g/mol. The normalized spacial score (nSPS) is 11.5. The molecule has 0 bridgehead atoms. The molecule has 3 aromatic carbocycles. The van der Waals surface area contributed by atoms with E-state index in [1.165, 1.54) is 5.56 Å². The van der Waals surface area contributed by atoms with E-state index in [9.17, 15) is 8.42 Å². The first-order chi connectivity index (χ1) is 16.4. The first-order valence-electron chi connectivity index (χ1n) is 10.3. The third kappa shape index (κ3) is 7.94. The van der Waals surface area contributed by atoms with E-state index in [2.05, 4.69) is 47.9 Å². The van der Waals surface area contributed by atoms with Gasteiger partial charge in [0.2, 0.25) is 15.7 Å². The fourth-order valence-electron chi connectivity index (χ4n) is 3.58. The lowest BCUT2D eigenvalue weighted by molar-refractivity contribution is -2.00. The quantitative estimate of drug-likeness (QED) is 0.356. The summed E-state index contributed by atoms with van der Waals surface area (Å²) < 4.78 is 59.3. The molecule has 1 heterocycles. The Balaban J connectivity index is 0.000000623. The Bertz CT molecular complexity index is 1370. The van der Waals surface area contributed by atoms with Gasteiger partial charge in [0.05, 0.1) is 4.90 Å². The van der Waals surface area contributed by atoms with E-state index in [0.717, 1.165) is 28.1 Å². The number of benzene rings is 3. The number of nitrogens with zero attached hydrogens (tertiary/aromatic N) is 1. The number of primary sulfonamides is 1. The number of aromatic nitrogens is 1. The summed E-state index contributed by atoms with van der Waals surface area (Å²) in [5.74, 6) is 0. The van der Waals surface area contributed by atoms with Crippen LogP contribution in [0.5, 0.6) is 0 Å². The molecule has 2 N–H and O–H groups in total. The van der Waals surface area contributed by atoms with Crippen LogP contribution in [0.4, 0.5) is 0 Å². The predicted octanol–water partition coefficient (Wildman–Crippen LogP) is -0.444. The van der Waals surface area contributed by atoms with Crippen LogP contribution in [-0.2, 0) is 16.6 Å². The number of sulfonamides is 1. The van der Waals surface area contributed by atoms with Crippen molar-refractivity contribution in [3.63, 3.8) is 0 Å². The Morgan fingerprint density at radius 3 is 1.71 bits per heavy atom. The Hall–Kier alpha value is -3.15. The van der Waals surface area contributed by atoms with Crippen LogP contribution in [0.3, 0.4) is 0 Å². The van der Waals surface area contributed by atoms with Crippen molar-refractivity contribution in [3.8, 4) is 22.4 Å². The highest BCUT2D eigenvalue weighted by atomic mass is 35.7. The highest BCUT2D eigenvalue weighted by molar-refractivity contribution is 7.89. The summed E-state index contributed by atoms with van der Waals surface area (Å²) in [6, 6.07) is 31.7. The topological polar surface area (TPSA) is 156 Å². The number of rotatable bonds is 5. The highest BCUT2D eigenvalue weighted by Crippen LogP contribution is 2.25. The van der Waals surface area contributed by atoms with Crippen molar-refractivity contribution in [2.75, 3.05) is 0 Å². The van der Waals surface area contributed by atoms with E-state index >= 15 is 0 Å². The molecule has 4 rings (SSSR count). The Morgan fingerprint density at radius 1 is 0.743 bits per heavy atom. The molecule has 0 aliphatic heterocycles. The molecule has 0 saturated heterocycles. The van der Waals surface area contributed by atoms with Gasteiger partial charge in [-0.3, -0.25) is 0 Å². The summed E-state index contributed by atoms with van der Waals surface area (Å²) in [4.78, 5) is 0.121. The minimum Gasteiger partial charge on any atom is -0.225 e. The van der Waals surface area contributed by atoms with Gasteiger partial charge in [0.1, 0.15) is 0 Å². The van der Waals surface area contributed by atoms with Gasteiger partial charge in [-0.05, 0) is 35.4 Å². The van der Waals surface area contributed by atoms with Crippen molar-refractivity contribution < 1.29 is 41.9 Å². The summed E-state index contributed by atoms with van der Waals surface area (Å²) in [6.07, 6.45) is 0. The number of hydrogen-bond acceptors (Lipinski definition) is 6. The van der Waals surface area contributed by atoms with Gasteiger partial charge >= 0.3 is 0 Å². The molecule has 0 aliphatic rings. The minimum atomic E-state index is -4.94. The molecule has 0 unspecified atom stereocenters. The van der Waals surface area contributed by atoms with Gasteiger partial charge in [-0.2, -0.15) is 4.57 Å². The Kier molecular flexibility index (Phi) is 8.36. The van der Waals surface area contributed by atoms with Crippen LogP contribution >= 0.6 is 0 Å². The van der Waals surface area contributed by atoms with Gasteiger partial charge in [0.15, 0.2) is 12.2 Å². The van der Waals surface area contributed by atoms with Gasteiger partial charge < -0.3 is 0 Å². The fourth-order valence-corrected chi connectivity index (χ4v) is 4.10. The van der Waals surface area contributed by atoms with Crippen molar-refractivity contribution >= 4 is 10.0 Å². The van der Waals surface area contributed by atoms with Gasteiger partial charge in [0.25, 0.3) is 0 Å². The average molecular weight is 515 g/mol. The molecule has 4 aromatic rings. The number of hydrogen-bond donors (Lipinski definition) is 1. The third-order valence-corrected chi connectivity index (χ3v) is 6.07. The molecule has 1 aromatic heterocycles. The molecule has 0 spiro atoms. The van der Waals surface area contributed by atoms with E-state index in [-0.39, 0.29) is 4.90 Å². The Labute approximate surface area is 206 Å². The zero-order chi connectivity index (χ0) is 25.6. The zero-order valence-corrected chi connectivity index (χ0v) is 20.3. The largest absolute Gasteiger partial charge is 0.238 e. The second-order valence-corrected chi connectivity index (χ2v) is 9.97. The van der Waals surface area contributed by atoms with E-state index in [0.29, 0.717) is 6.54 Å². The molecular weight excluding hydrogens is 492 g/mol. The number of pyridine rings is 1. The number of halogens is 1. The summed E-state index contributed by atoms with van der Waals surface area (Å²) in [6.45, 7) is 2.72. The van der Waals surface area contributed by atoms with Gasteiger partial charge in [0, 0.05) is 30.2 Å². The van der Waals surface area contributed by atoms with E-state index in [4.69, 9.17) is 23.8 Å². The lowest BCUT2D eigenvalue weighted by Gasteiger charge is -2.17. The lowest BCUT2D eigenvalue weighted by Crippen LogP contribution is -2.68. The number of nitrogens with two attached hydrogens (primary N) is 1. The van der Waals surface area contributed by atoms with Gasteiger partial charge in [-0.25, -0.2) is 32.2 Å². The van der Waals surface area contributed by atoms with Crippen LogP contribution in [0, 0.1) is 17.2 Å². The van der Waals surface area contributed by atoms with Crippen LogP contribution in [0.25, 0.3) is 22.4 Å². The van der Waals surface area contributed by atoms with Gasteiger partial charge in [-0.15, -0.1) is 10.2 Å². The van der Waals surface area contributed by atoms with Gasteiger partial charge in [-0.1, -0.05) is 60.7 Å². The molecule has 0 fully saturated rings. The van der Waals surface area contributed by atoms with Crippen LogP contribution in [-0.4, -0.2) is 8.42 Å². The SMILES string of the molecule is Cc1cc(-c2ccccc2)cc(-c2ccccc2)[n+]1Cc1ccc(S(N)(=O)=O)cc1.[O-][Cl+3]([O-])([O-])[O-]. The molecule has 0 aliphatic carbocycles. The van der Waals surface area contributed by atoms with Crippen LogP contribution in [0.1, 0.15) is 11.3 Å². The van der Waals surface area contributed by atoms with Crippen molar-refractivity contribution in [1.82, 2.24) is 0 Å². The molecule has 0 atom stereocenters. The average Bonchev–Trinajstić information content (AvgIpc) is 2.80. The van der Waals surface area contributed by atoms with E-state index in [1.54, 1.807) is 12.1 Å². The standard InChI is InChI=1S/C25H23N2O2S.ClHO4/c1-19-16-23(21-8-4-2-5-9-21)17-25(22-10-6-3-7-11-22)27(19)18-20-12-14-24(15-13-20)30(26,28)29;2-1(3,4)5/h2-17H,18H2,1H3,(H2,26,28,29);(H,2,3,4,5)/q+1;/p-1. The molecule has 0 amide bonds. The predicted molar refractivity (Wildman–Crippen MR) is 119 cm³/mol. The second-order valence-electron chi connectivity index (χ2n) is 7.66. The third-order valence-electron chi connectivity index (χ3n) is 5.14. The molecule has 0 radical (unpaired) electrons. The van der Waals surface area contributed by atoms with Crippen LogP contribution in [0.15, 0.2) is 102 Å². The zero-order valence-electron chi connectivity index (χ0n) is 18.7. The van der Waals surface area contributed by atoms with Crippen molar-refractivity contribution in [3.05, 3.63) is 108 Å². The van der Waals surface area contributed by atoms with E-state index < -0.39 is 20.3 Å². The summed E-state index contributed by atoms with van der Waals surface area (Å²) in [7, 11) is -8.64. The van der Waals surface area contributed by atoms with E-state index in [1.807, 2.05) is 48.5 Å². The first-order valence-corrected chi connectivity index (χ1v) is 13.1. The maximum Gasteiger partial charge on any atom is 0.238 e. The highest BCUT2D eigenvalue weighted by Gasteiger charge is 2.19. The van der Waals surface area contributed by atoms with Crippen molar-refractivity contribution in [1.29, 1.82) is 0 Å². The fraction of sp³-hybridized carbons (Fsp3) is 0.0800. The maximum atomic E-state index is 11.5. The summed E-state index contributed by atoms with van der Waals surface area (Å²) in [5.41, 5.74) is 6.67. The van der Waals surface area contributed by atoms with Crippen LogP contribution < -0.4 is 28.3 Å². The Morgan fingerprint density at radius 2 is 1.23 bits per heavy atom. The molecule has 8 nitrogen and oxygen atoms in total. The second kappa shape index (κ2) is 11.1. The van der Waals surface area contributed by atoms with Crippen molar-refractivity contribution in [2.45, 2.75) is 18.4 Å². The van der Waals surface area contributed by atoms with Crippen molar-refractivity contribution in [2.24, 2.45) is 5.14 Å². The molecule has 35 heavy (non-hydrogen) atoms. The molecule has 10 heteroatoms. The lowest BCUT2D eigenvalue weighted by atomic mass is 10.0. The molecule has 182 valence electrons. The maximum absolute atomic E-state index is 11.5. The van der Waals surface area contributed by atoms with Crippen LogP contribution in [0.2, 0.25) is 0 Å². The minimum absolute atomic E-state index is 0.121. The summed E-state index contributed by atoms with van der Waals surface area (Å²) >= 11 is 0. The first kappa shape index (κ1) is 26.5. The summed E-state index contributed by atoms with van der Waals surface area (Å²) in [5, 5.41) is 5.22. The smallest absolute Gasteiger partial charge is 0.225 e. The molecule has 0 saturated carbocycles. The number of aryl methyl sites for hydroxylation is 1. The molecular formula is C25H23ClN2O6S.